The highest BCUT2D eigenvalue weighted by atomic mass is 16.5. The summed E-state index contributed by atoms with van der Waals surface area (Å²) >= 11 is 0. The third-order valence-corrected chi connectivity index (χ3v) is 3.54. The summed E-state index contributed by atoms with van der Waals surface area (Å²) in [4.78, 5) is 34.2. The highest BCUT2D eigenvalue weighted by Crippen LogP contribution is 2.36. The quantitative estimate of drug-likeness (QED) is 0.561. The second-order valence-electron chi connectivity index (χ2n) is 4.87. The lowest BCUT2D eigenvalue weighted by Gasteiger charge is -2.31. The fourth-order valence-corrected chi connectivity index (χ4v) is 2.51. The number of unbranched alkanes of at least 4 members (excludes halogenated alkanes) is 1. The Hall–Kier alpha value is -1.59. The van der Waals surface area contributed by atoms with Crippen LogP contribution in [0.15, 0.2) is 0 Å². The van der Waals surface area contributed by atoms with Crippen molar-refractivity contribution in [3.05, 3.63) is 0 Å². The van der Waals surface area contributed by atoms with E-state index in [4.69, 9.17) is 9.84 Å². The molecule has 0 aromatic rings. The molecule has 108 valence electrons. The Bertz CT molecular complexity index is 351. The topological polar surface area (TPSA) is 101 Å². The van der Waals surface area contributed by atoms with Crippen LogP contribution in [-0.4, -0.2) is 34.7 Å². The van der Waals surface area contributed by atoms with Crippen molar-refractivity contribution < 1.29 is 29.3 Å². The van der Waals surface area contributed by atoms with Gasteiger partial charge in [-0.2, -0.15) is 0 Å². The molecule has 1 rings (SSSR count). The van der Waals surface area contributed by atoms with Gasteiger partial charge in [-0.1, -0.05) is 19.8 Å². The normalized spacial score (nSPS) is 26.7. The summed E-state index contributed by atoms with van der Waals surface area (Å²) in [5, 5.41) is 18.2. The van der Waals surface area contributed by atoms with Crippen LogP contribution in [0.1, 0.15) is 39.0 Å². The highest BCUT2D eigenvalue weighted by molar-refractivity contribution is 5.86. The molecule has 0 radical (unpaired) electrons. The lowest BCUT2D eigenvalue weighted by atomic mass is 9.72. The molecule has 0 bridgehead atoms. The van der Waals surface area contributed by atoms with Crippen molar-refractivity contribution in [2.24, 2.45) is 17.8 Å². The number of carbonyl (C=O) groups excluding carboxylic acids is 1. The number of esters is 1. The molecule has 0 heterocycles. The van der Waals surface area contributed by atoms with E-state index in [0.717, 1.165) is 12.8 Å². The van der Waals surface area contributed by atoms with E-state index in [0.29, 0.717) is 19.3 Å². The predicted octanol–water partition coefficient (Wildman–Crippen LogP) is 1.53. The summed E-state index contributed by atoms with van der Waals surface area (Å²) in [6.07, 6.45) is 2.81. The molecule has 1 fully saturated rings. The Morgan fingerprint density at radius 3 is 2.26 bits per heavy atom. The number of hydrogen-bond acceptors (Lipinski definition) is 4. The maximum Gasteiger partial charge on any atom is 0.309 e. The molecule has 1 aliphatic rings. The number of aliphatic carboxylic acids is 2. The molecule has 1 saturated carbocycles. The van der Waals surface area contributed by atoms with E-state index in [1.807, 2.05) is 6.92 Å². The van der Waals surface area contributed by atoms with Crippen molar-refractivity contribution in [1.82, 2.24) is 0 Å². The van der Waals surface area contributed by atoms with Gasteiger partial charge >= 0.3 is 17.9 Å². The highest BCUT2D eigenvalue weighted by Gasteiger charge is 2.46. The van der Waals surface area contributed by atoms with E-state index in [1.54, 1.807) is 0 Å². The van der Waals surface area contributed by atoms with Crippen molar-refractivity contribution in [3.8, 4) is 0 Å². The van der Waals surface area contributed by atoms with Gasteiger partial charge in [0.25, 0.3) is 0 Å². The first kappa shape index (κ1) is 15.5. The molecule has 0 spiro atoms. The third kappa shape index (κ3) is 3.94. The summed E-state index contributed by atoms with van der Waals surface area (Å²) in [7, 11) is 0. The average molecular weight is 272 g/mol. The van der Waals surface area contributed by atoms with Crippen molar-refractivity contribution in [2.45, 2.75) is 39.0 Å². The minimum atomic E-state index is -1.23. The van der Waals surface area contributed by atoms with E-state index in [9.17, 15) is 19.5 Å². The summed E-state index contributed by atoms with van der Waals surface area (Å²) in [5.74, 6) is -5.99. The fourth-order valence-electron chi connectivity index (χ4n) is 2.51. The lowest BCUT2D eigenvalue weighted by Crippen LogP contribution is -2.42. The van der Waals surface area contributed by atoms with Crippen LogP contribution < -0.4 is 0 Å². The fraction of sp³-hybridized carbons (Fsp3) is 0.769. The van der Waals surface area contributed by atoms with Gasteiger partial charge < -0.3 is 14.9 Å². The van der Waals surface area contributed by atoms with Crippen molar-refractivity contribution >= 4 is 17.9 Å². The zero-order chi connectivity index (χ0) is 14.4. The molecule has 1 aliphatic carbocycles. The second kappa shape index (κ2) is 7.11. The van der Waals surface area contributed by atoms with Gasteiger partial charge in [-0.05, 0) is 19.3 Å². The number of rotatable bonds is 6. The maximum atomic E-state index is 11.9. The number of ether oxygens (including phenoxy) is 1. The molecule has 6 heteroatoms. The van der Waals surface area contributed by atoms with Crippen LogP contribution in [0.3, 0.4) is 0 Å². The van der Waals surface area contributed by atoms with Crippen molar-refractivity contribution in [3.63, 3.8) is 0 Å². The van der Waals surface area contributed by atoms with Crippen LogP contribution in [0.2, 0.25) is 0 Å². The lowest BCUT2D eigenvalue weighted by molar-refractivity contribution is -0.167. The molecular formula is C13H20O6. The van der Waals surface area contributed by atoms with Gasteiger partial charge in [0.15, 0.2) is 0 Å². The Balaban J connectivity index is 2.75. The largest absolute Gasteiger partial charge is 0.481 e. The predicted molar refractivity (Wildman–Crippen MR) is 65.5 cm³/mol. The summed E-state index contributed by atoms with van der Waals surface area (Å²) < 4.78 is 5.04. The minimum absolute atomic E-state index is 0.260. The molecule has 0 aromatic carbocycles. The first-order valence-corrected chi connectivity index (χ1v) is 6.61. The second-order valence-corrected chi connectivity index (χ2v) is 4.87. The number of carboxylic acid groups (broad SMARTS) is 2. The standard InChI is InChI=1S/C13H20O6/c1-2-3-7-19-13(18)9-6-4-5-8(11(14)15)10(9)12(16)17/h8-10H,2-7H2,1H3,(H,14,15)(H,16,17). The van der Waals surface area contributed by atoms with Crippen LogP contribution in [0.25, 0.3) is 0 Å². The van der Waals surface area contributed by atoms with Gasteiger partial charge in [-0.25, -0.2) is 0 Å². The molecule has 0 aromatic heterocycles. The van der Waals surface area contributed by atoms with E-state index < -0.39 is 35.7 Å². The van der Waals surface area contributed by atoms with Gasteiger partial charge in [-0.15, -0.1) is 0 Å². The monoisotopic (exact) mass is 272 g/mol. The summed E-state index contributed by atoms with van der Waals surface area (Å²) in [5.41, 5.74) is 0. The van der Waals surface area contributed by atoms with Crippen LogP contribution >= 0.6 is 0 Å². The van der Waals surface area contributed by atoms with Crippen LogP contribution in [0, 0.1) is 17.8 Å². The molecule has 0 amide bonds. The number of carbonyl (C=O) groups is 3. The Kier molecular flexibility index (Phi) is 5.79. The van der Waals surface area contributed by atoms with Crippen molar-refractivity contribution in [1.29, 1.82) is 0 Å². The molecule has 0 saturated heterocycles. The summed E-state index contributed by atoms with van der Waals surface area (Å²) in [6, 6.07) is 0. The average Bonchev–Trinajstić information content (AvgIpc) is 2.37. The SMILES string of the molecule is CCCCOC(=O)C1CCCC(C(=O)O)C1C(=O)O. The van der Waals surface area contributed by atoms with Crippen LogP contribution in [0.5, 0.6) is 0 Å². The maximum absolute atomic E-state index is 11.9. The van der Waals surface area contributed by atoms with Gasteiger partial charge in [0.2, 0.25) is 0 Å². The molecule has 2 N–H and O–H groups in total. The van der Waals surface area contributed by atoms with Gasteiger partial charge in [-0.3, -0.25) is 14.4 Å². The van der Waals surface area contributed by atoms with Gasteiger partial charge in [0.1, 0.15) is 0 Å². The number of hydrogen-bond donors (Lipinski definition) is 2. The van der Waals surface area contributed by atoms with Crippen LogP contribution in [0.4, 0.5) is 0 Å². The van der Waals surface area contributed by atoms with E-state index in [2.05, 4.69) is 0 Å². The molecule has 3 unspecified atom stereocenters. The van der Waals surface area contributed by atoms with Crippen molar-refractivity contribution in [2.75, 3.05) is 6.61 Å². The zero-order valence-corrected chi connectivity index (χ0v) is 11.0. The molecule has 3 atom stereocenters. The molecule has 6 nitrogen and oxygen atoms in total. The Morgan fingerprint density at radius 2 is 1.74 bits per heavy atom. The molecule has 0 aliphatic heterocycles. The van der Waals surface area contributed by atoms with E-state index in [-0.39, 0.29) is 6.61 Å². The first-order chi connectivity index (χ1) is 8.99. The number of carboxylic acids is 2. The van der Waals surface area contributed by atoms with Gasteiger partial charge in [0, 0.05) is 0 Å². The Labute approximate surface area is 111 Å². The Morgan fingerprint density at radius 1 is 1.11 bits per heavy atom. The minimum Gasteiger partial charge on any atom is -0.481 e. The van der Waals surface area contributed by atoms with E-state index in [1.165, 1.54) is 0 Å². The van der Waals surface area contributed by atoms with E-state index >= 15 is 0 Å². The molecule has 19 heavy (non-hydrogen) atoms. The molecular weight excluding hydrogens is 252 g/mol. The zero-order valence-electron chi connectivity index (χ0n) is 11.0. The third-order valence-electron chi connectivity index (χ3n) is 3.54. The first-order valence-electron chi connectivity index (χ1n) is 6.61. The van der Waals surface area contributed by atoms with Gasteiger partial charge in [0.05, 0.1) is 24.4 Å². The smallest absolute Gasteiger partial charge is 0.309 e. The summed E-state index contributed by atoms with van der Waals surface area (Å²) in [6.45, 7) is 2.21. The van der Waals surface area contributed by atoms with Crippen LogP contribution in [-0.2, 0) is 19.1 Å².